The molecule has 1 aromatic rings. The van der Waals surface area contributed by atoms with Gasteiger partial charge in [0, 0.05) is 30.8 Å². The van der Waals surface area contributed by atoms with Gasteiger partial charge in [0.05, 0.1) is 7.11 Å². The number of amides is 1. The first kappa shape index (κ1) is 14.1. The summed E-state index contributed by atoms with van der Waals surface area (Å²) in [4.78, 5) is 24.6. The van der Waals surface area contributed by atoms with Gasteiger partial charge in [-0.25, -0.2) is 4.79 Å². The highest BCUT2D eigenvalue weighted by atomic mass is 16.5. The standard InChI is InChI=1S/C14H20N4O3/c1-21-13(20)14(5-2-3-6-14)16-12(19)11-9-8-15-7-4-10(9)17-18-11/h15H,2-8H2,1H3,(H,16,19)(H,17,18). The van der Waals surface area contributed by atoms with Gasteiger partial charge in [-0.15, -0.1) is 0 Å². The highest BCUT2D eigenvalue weighted by Gasteiger charge is 2.44. The number of nitrogens with one attached hydrogen (secondary N) is 3. The Balaban J connectivity index is 1.82. The number of hydrogen-bond acceptors (Lipinski definition) is 5. The summed E-state index contributed by atoms with van der Waals surface area (Å²) >= 11 is 0. The van der Waals surface area contributed by atoms with Gasteiger partial charge in [-0.05, 0) is 12.8 Å². The molecule has 1 saturated carbocycles. The van der Waals surface area contributed by atoms with E-state index in [4.69, 9.17) is 4.74 Å². The van der Waals surface area contributed by atoms with Crippen molar-refractivity contribution in [2.75, 3.05) is 13.7 Å². The molecular formula is C14H20N4O3. The van der Waals surface area contributed by atoms with E-state index < -0.39 is 5.54 Å². The summed E-state index contributed by atoms with van der Waals surface area (Å²) in [5.41, 5.74) is 1.39. The monoisotopic (exact) mass is 292 g/mol. The molecule has 0 radical (unpaired) electrons. The van der Waals surface area contributed by atoms with Crippen molar-refractivity contribution in [2.24, 2.45) is 0 Å². The van der Waals surface area contributed by atoms with Crippen molar-refractivity contribution in [3.8, 4) is 0 Å². The van der Waals surface area contributed by atoms with Gasteiger partial charge < -0.3 is 15.4 Å². The van der Waals surface area contributed by atoms with Gasteiger partial charge in [0.15, 0.2) is 5.69 Å². The summed E-state index contributed by atoms with van der Waals surface area (Å²) in [5, 5.41) is 13.1. The van der Waals surface area contributed by atoms with Gasteiger partial charge in [-0.3, -0.25) is 9.89 Å². The fourth-order valence-corrected chi connectivity index (χ4v) is 3.24. The fourth-order valence-electron chi connectivity index (χ4n) is 3.24. The van der Waals surface area contributed by atoms with Crippen molar-refractivity contribution >= 4 is 11.9 Å². The molecule has 0 unspecified atom stereocenters. The highest BCUT2D eigenvalue weighted by Crippen LogP contribution is 2.31. The molecular weight excluding hydrogens is 272 g/mol. The van der Waals surface area contributed by atoms with E-state index >= 15 is 0 Å². The zero-order chi connectivity index (χ0) is 14.9. The number of fused-ring (bicyclic) bond motifs is 1. The lowest BCUT2D eigenvalue weighted by Gasteiger charge is -2.27. The van der Waals surface area contributed by atoms with E-state index in [0.29, 0.717) is 25.1 Å². The number of nitrogens with zero attached hydrogens (tertiary/aromatic N) is 1. The predicted octanol–water partition coefficient (Wildman–Crippen LogP) is 0.271. The molecule has 21 heavy (non-hydrogen) atoms. The lowest BCUT2D eigenvalue weighted by atomic mass is 9.97. The Kier molecular flexibility index (Phi) is 3.67. The van der Waals surface area contributed by atoms with Crippen LogP contribution in [0.25, 0.3) is 0 Å². The van der Waals surface area contributed by atoms with E-state index in [2.05, 4.69) is 20.8 Å². The molecule has 0 spiro atoms. The second kappa shape index (κ2) is 5.48. The topological polar surface area (TPSA) is 96.1 Å². The first-order valence-electron chi connectivity index (χ1n) is 7.34. The Hall–Kier alpha value is -1.89. The third-order valence-corrected chi connectivity index (χ3v) is 4.41. The van der Waals surface area contributed by atoms with Crippen LogP contribution in [-0.4, -0.2) is 41.3 Å². The van der Waals surface area contributed by atoms with Crippen LogP contribution < -0.4 is 10.6 Å². The summed E-state index contributed by atoms with van der Waals surface area (Å²) < 4.78 is 4.87. The zero-order valence-electron chi connectivity index (χ0n) is 12.1. The minimum atomic E-state index is -0.889. The Morgan fingerprint density at radius 3 is 2.81 bits per heavy atom. The number of methoxy groups -OCH3 is 1. The number of ether oxygens (including phenoxy) is 1. The van der Waals surface area contributed by atoms with E-state index in [9.17, 15) is 9.59 Å². The van der Waals surface area contributed by atoms with Gasteiger partial charge in [-0.1, -0.05) is 12.8 Å². The molecule has 1 aromatic heterocycles. The second-order valence-corrected chi connectivity index (χ2v) is 5.69. The Bertz CT molecular complexity index is 561. The third-order valence-electron chi connectivity index (χ3n) is 4.41. The predicted molar refractivity (Wildman–Crippen MR) is 74.7 cm³/mol. The summed E-state index contributed by atoms with van der Waals surface area (Å²) in [6.45, 7) is 1.50. The Labute approximate surface area is 122 Å². The normalized spacial score (nSPS) is 19.9. The van der Waals surface area contributed by atoms with Crippen LogP contribution in [0.3, 0.4) is 0 Å². The van der Waals surface area contributed by atoms with E-state index in [1.54, 1.807) is 0 Å². The van der Waals surface area contributed by atoms with Gasteiger partial charge in [0.25, 0.3) is 5.91 Å². The molecule has 0 aromatic carbocycles. The van der Waals surface area contributed by atoms with Crippen LogP contribution >= 0.6 is 0 Å². The molecule has 3 rings (SSSR count). The summed E-state index contributed by atoms with van der Waals surface area (Å²) in [6, 6.07) is 0. The molecule has 0 saturated heterocycles. The smallest absolute Gasteiger partial charge is 0.331 e. The first-order chi connectivity index (χ1) is 10.2. The summed E-state index contributed by atoms with van der Waals surface area (Å²) in [7, 11) is 1.36. The molecule has 7 heteroatoms. The number of aromatic nitrogens is 2. The van der Waals surface area contributed by atoms with Crippen LogP contribution in [0.5, 0.6) is 0 Å². The maximum Gasteiger partial charge on any atom is 0.331 e. The Morgan fingerprint density at radius 2 is 2.10 bits per heavy atom. The number of carbonyl (C=O) groups excluding carboxylic acids is 2. The molecule has 1 fully saturated rings. The lowest BCUT2D eigenvalue weighted by molar-refractivity contribution is -0.148. The number of H-pyrrole nitrogens is 1. The van der Waals surface area contributed by atoms with Crippen LogP contribution in [-0.2, 0) is 22.5 Å². The van der Waals surface area contributed by atoms with Crippen LogP contribution in [0.15, 0.2) is 0 Å². The molecule has 0 bridgehead atoms. The maximum absolute atomic E-state index is 12.5. The average molecular weight is 292 g/mol. The van der Waals surface area contributed by atoms with Crippen molar-refractivity contribution in [1.29, 1.82) is 0 Å². The summed E-state index contributed by atoms with van der Waals surface area (Å²) in [6.07, 6.45) is 3.90. The third kappa shape index (κ3) is 2.42. The lowest BCUT2D eigenvalue weighted by Crippen LogP contribution is -2.53. The number of rotatable bonds is 3. The molecule has 1 amide bonds. The first-order valence-corrected chi connectivity index (χ1v) is 7.34. The van der Waals surface area contributed by atoms with Crippen molar-refractivity contribution in [3.05, 3.63) is 17.0 Å². The van der Waals surface area contributed by atoms with Gasteiger partial charge >= 0.3 is 5.97 Å². The van der Waals surface area contributed by atoms with Crippen molar-refractivity contribution in [3.63, 3.8) is 0 Å². The summed E-state index contributed by atoms with van der Waals surface area (Å²) in [5.74, 6) is -0.667. The number of esters is 1. The van der Waals surface area contributed by atoms with Crippen LogP contribution in [0.4, 0.5) is 0 Å². The molecule has 7 nitrogen and oxygen atoms in total. The maximum atomic E-state index is 12.5. The van der Waals surface area contributed by atoms with Gasteiger partial charge in [0.1, 0.15) is 5.54 Å². The second-order valence-electron chi connectivity index (χ2n) is 5.69. The zero-order valence-corrected chi connectivity index (χ0v) is 12.1. The number of aromatic amines is 1. The van der Waals surface area contributed by atoms with Crippen molar-refractivity contribution in [1.82, 2.24) is 20.8 Å². The van der Waals surface area contributed by atoms with E-state index in [-0.39, 0.29) is 11.9 Å². The number of carbonyl (C=O) groups is 2. The quantitative estimate of drug-likeness (QED) is 0.695. The average Bonchev–Trinajstić information content (AvgIpc) is 3.13. The van der Waals surface area contributed by atoms with Crippen LogP contribution in [0, 0.1) is 0 Å². The largest absolute Gasteiger partial charge is 0.467 e. The van der Waals surface area contributed by atoms with Crippen LogP contribution in [0.1, 0.15) is 47.4 Å². The number of hydrogen-bond donors (Lipinski definition) is 3. The van der Waals surface area contributed by atoms with Crippen LogP contribution in [0.2, 0.25) is 0 Å². The SMILES string of the molecule is COC(=O)C1(NC(=O)c2n[nH]c3c2CNCC3)CCCC1. The van der Waals surface area contributed by atoms with Crippen molar-refractivity contribution in [2.45, 2.75) is 44.2 Å². The molecule has 114 valence electrons. The molecule has 2 aliphatic rings. The van der Waals surface area contributed by atoms with Gasteiger partial charge in [-0.2, -0.15) is 5.10 Å². The molecule has 1 aliphatic heterocycles. The van der Waals surface area contributed by atoms with E-state index in [1.165, 1.54) is 7.11 Å². The van der Waals surface area contributed by atoms with Gasteiger partial charge in [0.2, 0.25) is 0 Å². The Morgan fingerprint density at radius 1 is 1.33 bits per heavy atom. The minimum absolute atomic E-state index is 0.302. The highest BCUT2D eigenvalue weighted by molar-refractivity contribution is 5.98. The molecule has 0 atom stereocenters. The molecule has 2 heterocycles. The fraction of sp³-hybridized carbons (Fsp3) is 0.643. The minimum Gasteiger partial charge on any atom is -0.467 e. The molecule has 3 N–H and O–H groups in total. The van der Waals surface area contributed by atoms with Crippen molar-refractivity contribution < 1.29 is 14.3 Å². The van der Waals surface area contributed by atoms with E-state index in [1.807, 2.05) is 0 Å². The molecule has 1 aliphatic carbocycles. The van der Waals surface area contributed by atoms with E-state index in [0.717, 1.165) is 37.1 Å².